The monoisotopic (exact) mass is 254 g/mol. The Bertz CT molecular complexity index is 369. The highest BCUT2D eigenvalue weighted by Crippen LogP contribution is 2.47. The van der Waals surface area contributed by atoms with Crippen molar-refractivity contribution in [3.63, 3.8) is 0 Å². The molecule has 3 nitrogen and oxygen atoms in total. The quantitative estimate of drug-likeness (QED) is 0.876. The van der Waals surface area contributed by atoms with Gasteiger partial charge in [-0.15, -0.1) is 10.2 Å². The van der Waals surface area contributed by atoms with Crippen LogP contribution >= 0.6 is 11.3 Å². The first-order chi connectivity index (χ1) is 8.04. The number of rotatable bonds is 5. The van der Waals surface area contributed by atoms with Gasteiger partial charge in [0.1, 0.15) is 10.0 Å². The predicted octanol–water partition coefficient (Wildman–Crippen LogP) is 3.35. The fourth-order valence-electron chi connectivity index (χ4n) is 2.53. The summed E-state index contributed by atoms with van der Waals surface area (Å²) in [6.45, 7) is 7.01. The third kappa shape index (κ3) is 3.05. The second-order valence-corrected chi connectivity index (χ2v) is 7.04. The molecule has 0 saturated heterocycles. The Morgan fingerprint density at radius 1 is 1.35 bits per heavy atom. The summed E-state index contributed by atoms with van der Waals surface area (Å²) in [5.74, 6) is 1.46. The molecule has 1 aromatic rings. The number of aliphatic hydroxyl groups excluding tert-OH is 1. The van der Waals surface area contributed by atoms with Gasteiger partial charge in [-0.2, -0.15) is 0 Å². The molecule has 1 saturated carbocycles. The van der Waals surface area contributed by atoms with Gasteiger partial charge in [0.15, 0.2) is 0 Å². The van der Waals surface area contributed by atoms with Gasteiger partial charge in [-0.3, -0.25) is 0 Å². The zero-order valence-electron chi connectivity index (χ0n) is 10.9. The van der Waals surface area contributed by atoms with Crippen molar-refractivity contribution < 1.29 is 5.11 Å². The van der Waals surface area contributed by atoms with Crippen LogP contribution in [0.25, 0.3) is 0 Å². The highest BCUT2D eigenvalue weighted by Gasteiger charge is 2.35. The summed E-state index contributed by atoms with van der Waals surface area (Å²) in [6.07, 6.45) is 5.08. The molecule has 0 unspecified atom stereocenters. The summed E-state index contributed by atoms with van der Waals surface area (Å²) < 4.78 is 0. The van der Waals surface area contributed by atoms with Crippen LogP contribution < -0.4 is 0 Å². The van der Waals surface area contributed by atoms with Crippen molar-refractivity contribution in [1.82, 2.24) is 10.2 Å². The van der Waals surface area contributed by atoms with E-state index in [1.165, 1.54) is 25.7 Å². The average molecular weight is 254 g/mol. The fourth-order valence-corrected chi connectivity index (χ4v) is 3.35. The molecule has 0 radical (unpaired) electrons. The average Bonchev–Trinajstić information content (AvgIpc) is 2.71. The van der Waals surface area contributed by atoms with Gasteiger partial charge in [0.2, 0.25) is 0 Å². The Kier molecular flexibility index (Phi) is 3.83. The number of aromatic nitrogens is 2. The van der Waals surface area contributed by atoms with Gasteiger partial charge in [0.05, 0.1) is 6.61 Å². The van der Waals surface area contributed by atoms with E-state index in [1.807, 2.05) is 0 Å². The maximum atomic E-state index is 8.97. The van der Waals surface area contributed by atoms with Gasteiger partial charge in [0.25, 0.3) is 0 Å². The third-order valence-electron chi connectivity index (χ3n) is 4.00. The summed E-state index contributed by atoms with van der Waals surface area (Å²) in [6, 6.07) is 0. The molecule has 1 aliphatic rings. The molecule has 2 rings (SSSR count). The molecule has 4 heteroatoms. The Labute approximate surface area is 107 Å². The molecule has 96 valence electrons. The Morgan fingerprint density at radius 2 is 2.06 bits per heavy atom. The normalized spacial score (nSPS) is 24.7. The van der Waals surface area contributed by atoms with Crippen molar-refractivity contribution >= 4 is 11.3 Å². The lowest BCUT2D eigenvalue weighted by molar-refractivity contribution is 0.163. The number of nitrogens with zero attached hydrogens (tertiary/aromatic N) is 2. The standard InChI is InChI=1S/C13H22N2OS/c1-4-13(2,3)7-9-5-10(6-9)12-15-14-11(8-16)17-12/h9-10,16H,4-8H2,1-3H3/t9-,10+. The number of hydrogen-bond acceptors (Lipinski definition) is 4. The molecular formula is C13H22N2OS. The maximum Gasteiger partial charge on any atom is 0.143 e. The van der Waals surface area contributed by atoms with E-state index < -0.39 is 0 Å². The Balaban J connectivity index is 1.82. The van der Waals surface area contributed by atoms with Crippen LogP contribution in [0.2, 0.25) is 0 Å². The van der Waals surface area contributed by atoms with Crippen molar-refractivity contribution in [1.29, 1.82) is 0 Å². The van der Waals surface area contributed by atoms with Crippen LogP contribution in [0.3, 0.4) is 0 Å². The van der Waals surface area contributed by atoms with E-state index in [9.17, 15) is 0 Å². The van der Waals surface area contributed by atoms with Crippen molar-refractivity contribution in [2.45, 2.75) is 59.0 Å². The first kappa shape index (κ1) is 13.0. The summed E-state index contributed by atoms with van der Waals surface area (Å²) >= 11 is 1.57. The smallest absolute Gasteiger partial charge is 0.143 e. The van der Waals surface area contributed by atoms with Gasteiger partial charge in [-0.05, 0) is 30.6 Å². The van der Waals surface area contributed by atoms with Crippen LogP contribution in [0.5, 0.6) is 0 Å². The van der Waals surface area contributed by atoms with Crippen LogP contribution in [-0.2, 0) is 6.61 Å². The molecule has 0 atom stereocenters. The molecule has 0 aromatic carbocycles. The summed E-state index contributed by atoms with van der Waals surface area (Å²) in [5.41, 5.74) is 0.479. The zero-order chi connectivity index (χ0) is 12.5. The second-order valence-electron chi connectivity index (χ2n) is 5.95. The Hall–Kier alpha value is -0.480. The minimum absolute atomic E-state index is 0.0245. The molecule has 0 amide bonds. The number of hydrogen-bond donors (Lipinski definition) is 1. The van der Waals surface area contributed by atoms with E-state index in [0.717, 1.165) is 15.9 Å². The molecular weight excluding hydrogens is 232 g/mol. The van der Waals surface area contributed by atoms with Gasteiger partial charge in [-0.1, -0.05) is 38.5 Å². The van der Waals surface area contributed by atoms with E-state index in [0.29, 0.717) is 11.3 Å². The highest BCUT2D eigenvalue weighted by atomic mass is 32.1. The molecule has 1 heterocycles. The van der Waals surface area contributed by atoms with Crippen molar-refractivity contribution in [3.05, 3.63) is 10.0 Å². The van der Waals surface area contributed by atoms with E-state index in [4.69, 9.17) is 5.11 Å². The fraction of sp³-hybridized carbons (Fsp3) is 0.846. The lowest BCUT2D eigenvalue weighted by atomic mass is 9.67. The molecule has 17 heavy (non-hydrogen) atoms. The topological polar surface area (TPSA) is 46.0 Å². The van der Waals surface area contributed by atoms with E-state index >= 15 is 0 Å². The van der Waals surface area contributed by atoms with Crippen molar-refractivity contribution in [2.24, 2.45) is 11.3 Å². The van der Waals surface area contributed by atoms with Gasteiger partial charge in [-0.25, -0.2) is 0 Å². The third-order valence-corrected chi connectivity index (χ3v) is 5.07. The molecule has 1 aliphatic carbocycles. The lowest BCUT2D eigenvalue weighted by Gasteiger charge is -2.38. The van der Waals surface area contributed by atoms with Crippen LogP contribution in [0.4, 0.5) is 0 Å². The summed E-state index contributed by atoms with van der Waals surface area (Å²) in [5, 5.41) is 19.0. The van der Waals surface area contributed by atoms with Crippen molar-refractivity contribution in [3.8, 4) is 0 Å². The van der Waals surface area contributed by atoms with Gasteiger partial charge >= 0.3 is 0 Å². The minimum atomic E-state index is 0.0245. The lowest BCUT2D eigenvalue weighted by Crippen LogP contribution is -2.27. The SMILES string of the molecule is CCC(C)(C)C[C@H]1C[C@@H](c2nnc(CO)s2)C1. The molecule has 1 N–H and O–H groups in total. The van der Waals surface area contributed by atoms with E-state index in [-0.39, 0.29) is 6.61 Å². The summed E-state index contributed by atoms with van der Waals surface area (Å²) in [7, 11) is 0. The van der Waals surface area contributed by atoms with Crippen LogP contribution in [0.1, 0.15) is 62.4 Å². The van der Waals surface area contributed by atoms with E-state index in [2.05, 4.69) is 31.0 Å². The second kappa shape index (κ2) is 5.02. The van der Waals surface area contributed by atoms with Gasteiger partial charge < -0.3 is 5.11 Å². The van der Waals surface area contributed by atoms with Crippen LogP contribution in [-0.4, -0.2) is 15.3 Å². The van der Waals surface area contributed by atoms with Crippen LogP contribution in [0.15, 0.2) is 0 Å². The predicted molar refractivity (Wildman–Crippen MR) is 70.0 cm³/mol. The molecule has 0 bridgehead atoms. The van der Waals surface area contributed by atoms with Gasteiger partial charge in [0, 0.05) is 5.92 Å². The Morgan fingerprint density at radius 3 is 2.59 bits per heavy atom. The van der Waals surface area contributed by atoms with E-state index in [1.54, 1.807) is 11.3 Å². The first-order valence-electron chi connectivity index (χ1n) is 6.47. The largest absolute Gasteiger partial charge is 0.389 e. The van der Waals surface area contributed by atoms with Crippen LogP contribution in [0, 0.1) is 11.3 Å². The van der Waals surface area contributed by atoms with Crippen molar-refractivity contribution in [2.75, 3.05) is 0 Å². The minimum Gasteiger partial charge on any atom is -0.389 e. The molecule has 0 aliphatic heterocycles. The maximum absolute atomic E-state index is 8.97. The highest BCUT2D eigenvalue weighted by molar-refractivity contribution is 7.11. The molecule has 1 aromatic heterocycles. The number of aliphatic hydroxyl groups is 1. The molecule has 0 spiro atoms. The first-order valence-corrected chi connectivity index (χ1v) is 7.29. The zero-order valence-corrected chi connectivity index (χ0v) is 11.8. The molecule has 1 fully saturated rings. The summed E-state index contributed by atoms with van der Waals surface area (Å²) in [4.78, 5) is 0.